The van der Waals surface area contributed by atoms with Gasteiger partial charge in [0.25, 0.3) is 0 Å². The molecule has 14 heavy (non-hydrogen) atoms. The van der Waals surface area contributed by atoms with E-state index in [2.05, 4.69) is 0 Å². The third kappa shape index (κ3) is 2.97. The van der Waals surface area contributed by atoms with Gasteiger partial charge >= 0.3 is 0 Å². The number of unbranched alkanes of at least 4 members (excludes halogenated alkanes) is 1. The van der Waals surface area contributed by atoms with Crippen molar-refractivity contribution in [2.24, 2.45) is 0 Å². The first-order valence-corrected chi connectivity index (χ1v) is 6.80. The molecule has 0 aliphatic carbocycles. The Morgan fingerprint density at radius 2 is 2.14 bits per heavy atom. The number of hydrogen-bond donors (Lipinski definition) is 1. The smallest absolute Gasteiger partial charge is 0.229 e. The molecule has 0 saturated carbocycles. The van der Waals surface area contributed by atoms with Crippen LogP contribution in [0.25, 0.3) is 0 Å². The zero-order valence-electron chi connectivity index (χ0n) is 8.73. The van der Waals surface area contributed by atoms with Crippen LogP contribution in [0.15, 0.2) is 24.3 Å². The third-order valence-electron chi connectivity index (χ3n) is 2.22. The summed E-state index contributed by atoms with van der Waals surface area (Å²) in [7, 11) is -3.09. The molecular weight excluding hydrogens is 195 g/mol. The van der Waals surface area contributed by atoms with E-state index in [-0.39, 0.29) is 0 Å². The zero-order valence-corrected chi connectivity index (χ0v) is 9.63. The minimum atomic E-state index is -3.09. The van der Waals surface area contributed by atoms with Crippen LogP contribution in [0.5, 0.6) is 0 Å². The molecule has 1 aromatic rings. The monoisotopic (exact) mass is 212 g/mol. The Balaban J connectivity index is 2.86. The predicted molar refractivity (Wildman–Crippen MR) is 60.4 cm³/mol. The lowest BCUT2D eigenvalue weighted by molar-refractivity contribution is 0.487. The van der Waals surface area contributed by atoms with Crippen molar-refractivity contribution >= 4 is 12.7 Å². The van der Waals surface area contributed by atoms with Gasteiger partial charge in [-0.05, 0) is 25.5 Å². The molecule has 0 spiro atoms. The maximum absolute atomic E-state index is 11.9. The molecule has 2 nitrogen and oxygen atoms in total. The fourth-order valence-electron chi connectivity index (χ4n) is 1.35. The van der Waals surface area contributed by atoms with Gasteiger partial charge in [-0.3, -0.25) is 4.57 Å². The summed E-state index contributed by atoms with van der Waals surface area (Å²) in [5.41, 5.74) is 1.04. The SMILES string of the molecule is CCCCP(=O)(O)c1cccc(C)c1. The molecule has 0 aliphatic rings. The van der Waals surface area contributed by atoms with Crippen molar-refractivity contribution in [2.45, 2.75) is 26.7 Å². The van der Waals surface area contributed by atoms with Crippen LogP contribution in [-0.2, 0) is 4.57 Å². The second-order valence-corrected chi connectivity index (χ2v) is 5.98. The van der Waals surface area contributed by atoms with E-state index in [1.807, 2.05) is 26.0 Å². The molecule has 0 heterocycles. The molecule has 1 unspecified atom stereocenters. The molecule has 1 aromatic carbocycles. The van der Waals surface area contributed by atoms with Gasteiger partial charge in [0.1, 0.15) is 0 Å². The first-order valence-electron chi connectivity index (χ1n) is 4.95. The highest BCUT2D eigenvalue weighted by atomic mass is 31.2. The number of rotatable bonds is 4. The van der Waals surface area contributed by atoms with Crippen LogP contribution < -0.4 is 5.30 Å². The summed E-state index contributed by atoms with van der Waals surface area (Å²) in [6, 6.07) is 7.31. The van der Waals surface area contributed by atoms with Crippen molar-refractivity contribution in [1.29, 1.82) is 0 Å². The van der Waals surface area contributed by atoms with Crippen LogP contribution >= 0.6 is 7.37 Å². The molecule has 0 aromatic heterocycles. The van der Waals surface area contributed by atoms with E-state index in [1.165, 1.54) is 0 Å². The Labute approximate surface area is 85.4 Å². The molecule has 0 aliphatic heterocycles. The van der Waals surface area contributed by atoms with E-state index >= 15 is 0 Å². The van der Waals surface area contributed by atoms with E-state index < -0.39 is 7.37 Å². The summed E-state index contributed by atoms with van der Waals surface area (Å²) < 4.78 is 11.9. The molecule has 1 atom stereocenters. The highest BCUT2D eigenvalue weighted by Gasteiger charge is 2.19. The molecule has 0 fully saturated rings. The summed E-state index contributed by atoms with van der Waals surface area (Å²) in [6.45, 7) is 3.96. The van der Waals surface area contributed by atoms with Gasteiger partial charge < -0.3 is 4.89 Å². The lowest BCUT2D eigenvalue weighted by Gasteiger charge is -2.11. The van der Waals surface area contributed by atoms with Gasteiger partial charge in [0.2, 0.25) is 7.37 Å². The van der Waals surface area contributed by atoms with Crippen LogP contribution in [-0.4, -0.2) is 11.1 Å². The lowest BCUT2D eigenvalue weighted by Crippen LogP contribution is -2.07. The lowest BCUT2D eigenvalue weighted by atomic mass is 10.2. The van der Waals surface area contributed by atoms with E-state index in [9.17, 15) is 9.46 Å². The van der Waals surface area contributed by atoms with Crippen molar-refractivity contribution < 1.29 is 9.46 Å². The second-order valence-electron chi connectivity index (χ2n) is 3.62. The molecule has 78 valence electrons. The van der Waals surface area contributed by atoms with Gasteiger partial charge in [-0.2, -0.15) is 0 Å². The minimum absolute atomic E-state index is 0.396. The summed E-state index contributed by atoms with van der Waals surface area (Å²) in [5, 5.41) is 0.589. The Hall–Kier alpha value is -0.590. The Kier molecular flexibility index (Phi) is 3.91. The molecule has 1 rings (SSSR count). The van der Waals surface area contributed by atoms with Crippen molar-refractivity contribution in [3.05, 3.63) is 29.8 Å². The molecule has 0 bridgehead atoms. The summed E-state index contributed by atoms with van der Waals surface area (Å²) >= 11 is 0. The second kappa shape index (κ2) is 4.77. The average Bonchev–Trinajstić information content (AvgIpc) is 2.15. The first kappa shape index (κ1) is 11.5. The van der Waals surface area contributed by atoms with E-state index in [0.29, 0.717) is 11.5 Å². The van der Waals surface area contributed by atoms with Crippen molar-refractivity contribution in [3.63, 3.8) is 0 Å². The highest BCUT2D eigenvalue weighted by molar-refractivity contribution is 7.66. The van der Waals surface area contributed by atoms with E-state index in [0.717, 1.165) is 18.4 Å². The molecule has 0 saturated heterocycles. The van der Waals surface area contributed by atoms with E-state index in [4.69, 9.17) is 0 Å². The van der Waals surface area contributed by atoms with Crippen molar-refractivity contribution in [1.82, 2.24) is 0 Å². The minimum Gasteiger partial charge on any atom is -0.341 e. The Morgan fingerprint density at radius 1 is 1.43 bits per heavy atom. The average molecular weight is 212 g/mol. The van der Waals surface area contributed by atoms with Gasteiger partial charge in [0.15, 0.2) is 0 Å². The van der Waals surface area contributed by atoms with Crippen LogP contribution in [0, 0.1) is 6.92 Å². The molecule has 0 amide bonds. The van der Waals surface area contributed by atoms with Gasteiger partial charge in [-0.15, -0.1) is 0 Å². The van der Waals surface area contributed by atoms with Gasteiger partial charge in [-0.1, -0.05) is 31.0 Å². The standard InChI is InChI=1S/C11H17O2P/c1-3-4-8-14(12,13)11-7-5-6-10(2)9-11/h5-7,9H,3-4,8H2,1-2H3,(H,12,13). The van der Waals surface area contributed by atoms with Gasteiger partial charge in [0.05, 0.1) is 0 Å². The summed E-state index contributed by atoms with van der Waals surface area (Å²) in [6.07, 6.45) is 2.16. The van der Waals surface area contributed by atoms with E-state index in [1.54, 1.807) is 12.1 Å². The first-order chi connectivity index (χ1) is 6.56. The van der Waals surface area contributed by atoms with Crippen LogP contribution in [0.3, 0.4) is 0 Å². The predicted octanol–water partition coefficient (Wildman–Crippen LogP) is 2.69. The molecule has 0 radical (unpaired) electrons. The molecular formula is C11H17O2P. The Morgan fingerprint density at radius 3 is 2.71 bits per heavy atom. The topological polar surface area (TPSA) is 37.3 Å². The largest absolute Gasteiger partial charge is 0.341 e. The van der Waals surface area contributed by atoms with Crippen LogP contribution in [0.2, 0.25) is 0 Å². The van der Waals surface area contributed by atoms with Gasteiger partial charge in [-0.25, -0.2) is 0 Å². The number of benzene rings is 1. The van der Waals surface area contributed by atoms with Crippen molar-refractivity contribution in [3.8, 4) is 0 Å². The molecule has 1 N–H and O–H groups in total. The summed E-state index contributed by atoms with van der Waals surface area (Å²) in [4.78, 5) is 9.80. The zero-order chi connectivity index (χ0) is 10.6. The third-order valence-corrected chi connectivity index (χ3v) is 4.23. The normalized spacial score (nSPS) is 15.1. The fraction of sp³-hybridized carbons (Fsp3) is 0.455. The van der Waals surface area contributed by atoms with Crippen molar-refractivity contribution in [2.75, 3.05) is 6.16 Å². The quantitative estimate of drug-likeness (QED) is 0.779. The number of aryl methyl sites for hydroxylation is 1. The molecule has 3 heteroatoms. The fourth-order valence-corrected chi connectivity index (χ4v) is 3.07. The number of hydrogen-bond acceptors (Lipinski definition) is 1. The maximum Gasteiger partial charge on any atom is 0.229 e. The van der Waals surface area contributed by atoms with Crippen LogP contribution in [0.4, 0.5) is 0 Å². The summed E-state index contributed by atoms with van der Waals surface area (Å²) in [5.74, 6) is 0. The highest BCUT2D eigenvalue weighted by Crippen LogP contribution is 2.40. The van der Waals surface area contributed by atoms with Crippen LogP contribution in [0.1, 0.15) is 25.3 Å². The van der Waals surface area contributed by atoms with Gasteiger partial charge in [0, 0.05) is 11.5 Å². The maximum atomic E-state index is 11.9. The Bertz CT molecular complexity index is 347.